The first-order valence-corrected chi connectivity index (χ1v) is 10.5. The third-order valence-corrected chi connectivity index (χ3v) is 6.34. The predicted molar refractivity (Wildman–Crippen MR) is 107 cm³/mol. The van der Waals surface area contributed by atoms with E-state index in [1.54, 1.807) is 0 Å². The second-order valence-electron chi connectivity index (χ2n) is 5.82. The van der Waals surface area contributed by atoms with Gasteiger partial charge in [-0.15, -0.1) is 11.3 Å². The maximum Gasteiger partial charge on any atom is 0.263 e. The summed E-state index contributed by atoms with van der Waals surface area (Å²) in [6.07, 6.45) is 1.29. The molecule has 2 aromatic heterocycles. The summed E-state index contributed by atoms with van der Waals surface area (Å²) in [5, 5.41) is 2.50. The number of hydrogen-bond donors (Lipinski definition) is 1. The van der Waals surface area contributed by atoms with Gasteiger partial charge < -0.3 is 4.74 Å². The van der Waals surface area contributed by atoms with Gasteiger partial charge in [-0.25, -0.2) is 22.8 Å². The Morgan fingerprint density at radius 3 is 2.61 bits per heavy atom. The molecular formula is C19H14FN3O3S2. The van der Waals surface area contributed by atoms with Gasteiger partial charge in [0.05, 0.1) is 17.4 Å². The molecule has 142 valence electrons. The fraction of sp³-hybridized carbons (Fsp3) is 0.0526. The van der Waals surface area contributed by atoms with E-state index < -0.39 is 15.8 Å². The molecule has 9 heteroatoms. The third kappa shape index (κ3) is 3.30. The van der Waals surface area contributed by atoms with Crippen molar-refractivity contribution in [3.05, 3.63) is 66.1 Å². The van der Waals surface area contributed by atoms with E-state index in [-0.39, 0.29) is 16.5 Å². The van der Waals surface area contributed by atoms with Gasteiger partial charge >= 0.3 is 0 Å². The minimum atomic E-state index is -4.06. The van der Waals surface area contributed by atoms with Gasteiger partial charge in [0.25, 0.3) is 10.0 Å². The van der Waals surface area contributed by atoms with E-state index in [4.69, 9.17) is 4.74 Å². The van der Waals surface area contributed by atoms with Gasteiger partial charge in [-0.2, -0.15) is 0 Å². The van der Waals surface area contributed by atoms with Gasteiger partial charge in [-0.1, -0.05) is 30.3 Å². The zero-order chi connectivity index (χ0) is 19.7. The van der Waals surface area contributed by atoms with Crippen molar-refractivity contribution in [1.29, 1.82) is 0 Å². The predicted octanol–water partition coefficient (Wildman–Crippen LogP) is 4.31. The van der Waals surface area contributed by atoms with Crippen molar-refractivity contribution in [3.63, 3.8) is 0 Å². The smallest absolute Gasteiger partial charge is 0.263 e. The summed E-state index contributed by atoms with van der Waals surface area (Å²) in [4.78, 5) is 8.76. The van der Waals surface area contributed by atoms with Crippen LogP contribution in [-0.2, 0) is 10.0 Å². The zero-order valence-electron chi connectivity index (χ0n) is 14.6. The SMILES string of the molecule is COc1ccc(S(=O)(=O)Nc2ncnc3scc(-c4ccccc4)c23)cc1F. The van der Waals surface area contributed by atoms with Gasteiger partial charge in [0.1, 0.15) is 11.2 Å². The van der Waals surface area contributed by atoms with Crippen LogP contribution in [0.5, 0.6) is 5.75 Å². The van der Waals surface area contributed by atoms with Crippen molar-refractivity contribution in [2.24, 2.45) is 0 Å². The first-order chi connectivity index (χ1) is 13.5. The van der Waals surface area contributed by atoms with E-state index in [0.717, 1.165) is 17.2 Å². The molecule has 2 heterocycles. The average Bonchev–Trinajstić information content (AvgIpc) is 3.13. The van der Waals surface area contributed by atoms with Crippen LogP contribution in [0.25, 0.3) is 21.3 Å². The summed E-state index contributed by atoms with van der Waals surface area (Å²) >= 11 is 1.39. The standard InChI is InChI=1S/C19H14FN3O3S2/c1-26-16-8-7-13(9-15(16)20)28(24,25)23-18-17-14(12-5-3-2-4-6-12)10-27-19(17)22-11-21-18/h2-11H,1H3,(H,21,22,23). The number of benzene rings is 2. The molecule has 0 aliphatic heterocycles. The molecule has 1 N–H and O–H groups in total. The quantitative estimate of drug-likeness (QED) is 0.525. The number of anilines is 1. The molecule has 2 aromatic carbocycles. The number of methoxy groups -OCH3 is 1. The fourth-order valence-corrected chi connectivity index (χ4v) is 4.73. The Balaban J connectivity index is 1.80. The van der Waals surface area contributed by atoms with Crippen LogP contribution in [0.4, 0.5) is 10.2 Å². The van der Waals surface area contributed by atoms with Crippen molar-refractivity contribution >= 4 is 37.4 Å². The highest BCUT2D eigenvalue weighted by Gasteiger charge is 2.21. The maximum absolute atomic E-state index is 14.0. The Bertz CT molecular complexity index is 1260. The van der Waals surface area contributed by atoms with Crippen LogP contribution in [0.1, 0.15) is 0 Å². The van der Waals surface area contributed by atoms with Crippen LogP contribution < -0.4 is 9.46 Å². The maximum atomic E-state index is 14.0. The normalized spacial score (nSPS) is 11.5. The second kappa shape index (κ2) is 7.17. The number of ether oxygens (including phenoxy) is 1. The number of halogens is 1. The van der Waals surface area contributed by atoms with Crippen molar-refractivity contribution in [1.82, 2.24) is 9.97 Å². The fourth-order valence-electron chi connectivity index (χ4n) is 2.78. The van der Waals surface area contributed by atoms with Crippen LogP contribution in [0.15, 0.2) is 65.1 Å². The van der Waals surface area contributed by atoms with E-state index in [1.165, 1.54) is 36.9 Å². The molecular weight excluding hydrogens is 401 g/mol. The Labute approximate surface area is 164 Å². The molecule has 0 saturated heterocycles. The van der Waals surface area contributed by atoms with Gasteiger partial charge in [0.2, 0.25) is 0 Å². The number of hydrogen-bond acceptors (Lipinski definition) is 6. The lowest BCUT2D eigenvalue weighted by atomic mass is 10.1. The molecule has 0 spiro atoms. The lowest BCUT2D eigenvalue weighted by molar-refractivity contribution is 0.385. The van der Waals surface area contributed by atoms with Gasteiger partial charge in [-0.3, -0.25) is 4.72 Å². The Kier molecular flexibility index (Phi) is 4.70. The number of fused-ring (bicyclic) bond motifs is 1. The molecule has 6 nitrogen and oxygen atoms in total. The van der Waals surface area contributed by atoms with Crippen molar-refractivity contribution in [2.75, 3.05) is 11.8 Å². The summed E-state index contributed by atoms with van der Waals surface area (Å²) in [5.41, 5.74) is 1.74. The summed E-state index contributed by atoms with van der Waals surface area (Å²) in [5.74, 6) is -0.660. The number of thiophene rings is 1. The van der Waals surface area contributed by atoms with Gasteiger partial charge in [-0.05, 0) is 23.8 Å². The minimum Gasteiger partial charge on any atom is -0.494 e. The van der Waals surface area contributed by atoms with E-state index in [9.17, 15) is 12.8 Å². The topological polar surface area (TPSA) is 81.2 Å². The molecule has 0 saturated carbocycles. The highest BCUT2D eigenvalue weighted by atomic mass is 32.2. The van der Waals surface area contributed by atoms with E-state index in [0.29, 0.717) is 10.2 Å². The van der Waals surface area contributed by atoms with Crippen LogP contribution in [-0.4, -0.2) is 25.5 Å². The highest BCUT2D eigenvalue weighted by Crippen LogP contribution is 2.37. The summed E-state index contributed by atoms with van der Waals surface area (Å²) in [7, 11) is -2.75. The monoisotopic (exact) mass is 415 g/mol. The first-order valence-electron chi connectivity index (χ1n) is 8.13. The molecule has 0 bridgehead atoms. The third-order valence-electron chi connectivity index (χ3n) is 4.12. The summed E-state index contributed by atoms with van der Waals surface area (Å²) < 4.78 is 46.8. The van der Waals surface area contributed by atoms with Crippen molar-refractivity contribution in [3.8, 4) is 16.9 Å². The lowest BCUT2D eigenvalue weighted by Gasteiger charge is -2.10. The van der Waals surface area contributed by atoms with Crippen molar-refractivity contribution < 1.29 is 17.5 Å². The lowest BCUT2D eigenvalue weighted by Crippen LogP contribution is -2.14. The molecule has 4 aromatic rings. The highest BCUT2D eigenvalue weighted by molar-refractivity contribution is 7.92. The molecule has 0 unspecified atom stereocenters. The number of aromatic nitrogens is 2. The number of nitrogens with zero attached hydrogens (tertiary/aromatic N) is 2. The number of rotatable bonds is 5. The van der Waals surface area contributed by atoms with E-state index in [1.807, 2.05) is 35.7 Å². The molecule has 0 amide bonds. The largest absolute Gasteiger partial charge is 0.494 e. The molecule has 0 aliphatic carbocycles. The summed E-state index contributed by atoms with van der Waals surface area (Å²) in [6, 6.07) is 13.0. The number of sulfonamides is 1. The summed E-state index contributed by atoms with van der Waals surface area (Å²) in [6.45, 7) is 0. The average molecular weight is 415 g/mol. The molecule has 0 fully saturated rings. The minimum absolute atomic E-state index is 0.0347. The Morgan fingerprint density at radius 1 is 1.11 bits per heavy atom. The molecule has 0 atom stereocenters. The van der Waals surface area contributed by atoms with Gasteiger partial charge in [0, 0.05) is 10.9 Å². The van der Waals surface area contributed by atoms with Crippen LogP contribution >= 0.6 is 11.3 Å². The van der Waals surface area contributed by atoms with Crippen LogP contribution in [0.2, 0.25) is 0 Å². The number of nitrogens with one attached hydrogen (secondary N) is 1. The van der Waals surface area contributed by atoms with Crippen molar-refractivity contribution in [2.45, 2.75) is 4.90 Å². The molecule has 0 radical (unpaired) electrons. The molecule has 0 aliphatic rings. The van der Waals surface area contributed by atoms with Crippen LogP contribution in [0.3, 0.4) is 0 Å². The molecule has 4 rings (SSSR count). The van der Waals surface area contributed by atoms with Crippen LogP contribution in [0, 0.1) is 5.82 Å². The molecule has 28 heavy (non-hydrogen) atoms. The Morgan fingerprint density at radius 2 is 1.89 bits per heavy atom. The second-order valence-corrected chi connectivity index (χ2v) is 8.36. The Hall–Kier alpha value is -3.04. The van der Waals surface area contributed by atoms with E-state index in [2.05, 4.69) is 14.7 Å². The first kappa shape index (κ1) is 18.3. The van der Waals surface area contributed by atoms with E-state index >= 15 is 0 Å². The zero-order valence-corrected chi connectivity index (χ0v) is 16.2. The van der Waals surface area contributed by atoms with Gasteiger partial charge in [0.15, 0.2) is 17.4 Å².